The van der Waals surface area contributed by atoms with Crippen LogP contribution in [0.3, 0.4) is 0 Å². The third-order valence-electron chi connectivity index (χ3n) is 3.25. The van der Waals surface area contributed by atoms with Crippen molar-refractivity contribution in [1.82, 2.24) is 0 Å². The smallest absolute Gasteiger partial charge is 0.152 e. The lowest BCUT2D eigenvalue weighted by Gasteiger charge is -2.10. The lowest BCUT2D eigenvalue weighted by atomic mass is 10.1. The summed E-state index contributed by atoms with van der Waals surface area (Å²) < 4.78 is 23.5. The molecule has 0 heterocycles. The Balaban J connectivity index is 3.45. The van der Waals surface area contributed by atoms with Crippen LogP contribution in [-0.2, 0) is 9.84 Å². The normalized spacial score (nSPS) is 13.8. The fourth-order valence-corrected chi connectivity index (χ4v) is 3.65. The summed E-state index contributed by atoms with van der Waals surface area (Å²) in [4.78, 5) is 0. The zero-order chi connectivity index (χ0) is 13.1. The Morgan fingerprint density at radius 1 is 0.941 bits per heavy atom. The van der Waals surface area contributed by atoms with Crippen LogP contribution < -0.4 is 0 Å². The van der Waals surface area contributed by atoms with Crippen LogP contribution in [0.1, 0.15) is 65.2 Å². The molecule has 0 saturated carbocycles. The third-order valence-corrected chi connectivity index (χ3v) is 6.23. The lowest BCUT2D eigenvalue weighted by Crippen LogP contribution is -2.20. The molecule has 17 heavy (non-hydrogen) atoms. The van der Waals surface area contributed by atoms with Crippen LogP contribution in [0, 0.1) is 0 Å². The van der Waals surface area contributed by atoms with Crippen molar-refractivity contribution in [2.45, 2.75) is 70.5 Å². The van der Waals surface area contributed by atoms with Gasteiger partial charge in [0.05, 0.1) is 11.0 Å². The predicted molar refractivity (Wildman–Crippen MR) is 79.7 cm³/mol. The highest BCUT2D eigenvalue weighted by atomic mass is 79.9. The maximum absolute atomic E-state index is 11.7. The Bertz CT molecular complexity index is 263. The molecule has 2 nitrogen and oxygen atoms in total. The first-order valence-corrected chi connectivity index (χ1v) is 9.65. The van der Waals surface area contributed by atoms with Crippen LogP contribution in [0.5, 0.6) is 0 Å². The van der Waals surface area contributed by atoms with Gasteiger partial charge in [-0.3, -0.25) is 0 Å². The fourth-order valence-electron chi connectivity index (χ4n) is 1.74. The quantitative estimate of drug-likeness (QED) is 0.418. The van der Waals surface area contributed by atoms with Gasteiger partial charge in [-0.25, -0.2) is 8.42 Å². The minimum atomic E-state index is -2.82. The van der Waals surface area contributed by atoms with Crippen LogP contribution in [0.25, 0.3) is 0 Å². The van der Waals surface area contributed by atoms with Gasteiger partial charge in [0, 0.05) is 5.33 Å². The number of hydrogen-bond acceptors (Lipinski definition) is 2. The monoisotopic (exact) mass is 326 g/mol. The van der Waals surface area contributed by atoms with Crippen molar-refractivity contribution < 1.29 is 8.42 Å². The van der Waals surface area contributed by atoms with Crippen molar-refractivity contribution in [3.63, 3.8) is 0 Å². The number of unbranched alkanes of at least 4 members (excludes halogenated alkanes) is 6. The second-order valence-electron chi connectivity index (χ2n) is 4.75. The number of alkyl halides is 1. The Labute approximate surface area is 116 Å². The Morgan fingerprint density at radius 3 is 1.88 bits per heavy atom. The molecule has 0 radical (unpaired) electrons. The van der Waals surface area contributed by atoms with Crippen LogP contribution in [0.2, 0.25) is 0 Å². The van der Waals surface area contributed by atoms with E-state index in [1.54, 1.807) is 0 Å². The van der Waals surface area contributed by atoms with E-state index in [-0.39, 0.29) is 5.25 Å². The van der Waals surface area contributed by atoms with Crippen molar-refractivity contribution in [1.29, 1.82) is 0 Å². The molecule has 4 heteroatoms. The van der Waals surface area contributed by atoms with Crippen molar-refractivity contribution >= 4 is 25.8 Å². The molecule has 0 aliphatic rings. The average molecular weight is 327 g/mol. The third kappa shape index (κ3) is 9.06. The van der Waals surface area contributed by atoms with Gasteiger partial charge in [-0.2, -0.15) is 0 Å². The van der Waals surface area contributed by atoms with Gasteiger partial charge in [0.15, 0.2) is 9.84 Å². The number of halogens is 1. The highest BCUT2D eigenvalue weighted by Gasteiger charge is 2.17. The Morgan fingerprint density at radius 2 is 1.41 bits per heavy atom. The minimum absolute atomic E-state index is 0.165. The summed E-state index contributed by atoms with van der Waals surface area (Å²) in [6.07, 6.45) is 8.88. The second-order valence-corrected chi connectivity index (χ2v) is 8.08. The van der Waals surface area contributed by atoms with Crippen LogP contribution in [-0.4, -0.2) is 24.8 Å². The summed E-state index contributed by atoms with van der Waals surface area (Å²) in [5.74, 6) is 0.378. The van der Waals surface area contributed by atoms with Gasteiger partial charge in [-0.15, -0.1) is 0 Å². The molecule has 0 amide bonds. The Hall–Kier alpha value is 0.430. The minimum Gasteiger partial charge on any atom is -0.229 e. The van der Waals surface area contributed by atoms with E-state index < -0.39 is 9.84 Å². The van der Waals surface area contributed by atoms with Gasteiger partial charge in [0.25, 0.3) is 0 Å². The number of rotatable bonds is 11. The molecule has 0 fully saturated rings. The SMILES string of the molecule is CCC(C)S(=O)(=O)CCCCCCCCCBr. The van der Waals surface area contributed by atoms with E-state index in [1.807, 2.05) is 13.8 Å². The van der Waals surface area contributed by atoms with Crippen molar-refractivity contribution in [3.8, 4) is 0 Å². The lowest BCUT2D eigenvalue weighted by molar-refractivity contribution is 0.568. The maximum Gasteiger partial charge on any atom is 0.152 e. The highest BCUT2D eigenvalue weighted by Crippen LogP contribution is 2.12. The van der Waals surface area contributed by atoms with E-state index in [0.29, 0.717) is 5.75 Å². The molecule has 0 rings (SSSR count). The molecule has 1 atom stereocenters. The van der Waals surface area contributed by atoms with E-state index in [2.05, 4.69) is 15.9 Å². The largest absolute Gasteiger partial charge is 0.229 e. The molecule has 0 aromatic rings. The van der Waals surface area contributed by atoms with E-state index in [4.69, 9.17) is 0 Å². The van der Waals surface area contributed by atoms with Gasteiger partial charge in [-0.1, -0.05) is 55.0 Å². The van der Waals surface area contributed by atoms with E-state index in [9.17, 15) is 8.42 Å². The molecule has 1 unspecified atom stereocenters. The first-order valence-electron chi connectivity index (χ1n) is 6.82. The molecule has 0 bridgehead atoms. The summed E-state index contributed by atoms with van der Waals surface area (Å²) in [5, 5.41) is 0.932. The zero-order valence-corrected chi connectivity index (χ0v) is 13.7. The van der Waals surface area contributed by atoms with Crippen LogP contribution >= 0.6 is 15.9 Å². The average Bonchev–Trinajstić information content (AvgIpc) is 2.31. The van der Waals surface area contributed by atoms with E-state index >= 15 is 0 Å². The van der Waals surface area contributed by atoms with Crippen molar-refractivity contribution in [2.24, 2.45) is 0 Å². The molecule has 0 aliphatic heterocycles. The number of sulfone groups is 1. The standard InChI is InChI=1S/C13H27BrO2S/c1-3-13(2)17(15,16)12-10-8-6-4-5-7-9-11-14/h13H,3-12H2,1-2H3. The first-order chi connectivity index (χ1) is 8.04. The van der Waals surface area contributed by atoms with Gasteiger partial charge < -0.3 is 0 Å². The van der Waals surface area contributed by atoms with Crippen LogP contribution in [0.4, 0.5) is 0 Å². The van der Waals surface area contributed by atoms with Gasteiger partial charge in [-0.05, 0) is 26.2 Å². The van der Waals surface area contributed by atoms with Gasteiger partial charge >= 0.3 is 0 Å². The molecule has 0 saturated heterocycles. The molecule has 0 aromatic heterocycles. The van der Waals surface area contributed by atoms with Crippen molar-refractivity contribution in [3.05, 3.63) is 0 Å². The number of hydrogen-bond donors (Lipinski definition) is 0. The second kappa shape index (κ2) is 10.4. The molecular weight excluding hydrogens is 300 g/mol. The zero-order valence-electron chi connectivity index (χ0n) is 11.3. The van der Waals surface area contributed by atoms with Crippen LogP contribution in [0.15, 0.2) is 0 Å². The van der Waals surface area contributed by atoms with Gasteiger partial charge in [0.2, 0.25) is 0 Å². The Kier molecular flexibility index (Phi) is 10.6. The summed E-state index contributed by atoms with van der Waals surface area (Å²) in [5.41, 5.74) is 0. The fraction of sp³-hybridized carbons (Fsp3) is 1.00. The van der Waals surface area contributed by atoms with Crippen molar-refractivity contribution in [2.75, 3.05) is 11.1 Å². The summed E-state index contributed by atoms with van der Waals surface area (Å²) in [6, 6.07) is 0. The maximum atomic E-state index is 11.7. The molecular formula is C13H27BrO2S. The van der Waals surface area contributed by atoms with Gasteiger partial charge in [0.1, 0.15) is 0 Å². The van der Waals surface area contributed by atoms with E-state index in [0.717, 1.165) is 24.6 Å². The molecule has 0 N–H and O–H groups in total. The molecule has 0 spiro atoms. The summed E-state index contributed by atoms with van der Waals surface area (Å²) in [6.45, 7) is 3.75. The summed E-state index contributed by atoms with van der Waals surface area (Å²) in [7, 11) is -2.82. The molecule has 0 aromatic carbocycles. The predicted octanol–water partition coefficient (Wildman–Crippen LogP) is 4.33. The molecule has 104 valence electrons. The molecule has 0 aliphatic carbocycles. The first kappa shape index (κ1) is 17.4. The summed E-state index contributed by atoms with van der Waals surface area (Å²) >= 11 is 3.42. The highest BCUT2D eigenvalue weighted by molar-refractivity contribution is 9.09. The topological polar surface area (TPSA) is 34.1 Å². The van der Waals surface area contributed by atoms with E-state index in [1.165, 1.54) is 32.1 Å².